The summed E-state index contributed by atoms with van der Waals surface area (Å²) in [7, 11) is 0. The molecule has 0 aliphatic rings. The van der Waals surface area contributed by atoms with Crippen molar-refractivity contribution in [2.24, 2.45) is 0 Å². The van der Waals surface area contributed by atoms with Crippen LogP contribution in [0.4, 0.5) is 0 Å². The van der Waals surface area contributed by atoms with Gasteiger partial charge in [-0.1, -0.05) is 37.9 Å². The number of rotatable bonds is 4. The summed E-state index contributed by atoms with van der Waals surface area (Å²) in [5, 5.41) is 8.75. The van der Waals surface area contributed by atoms with Crippen LogP contribution < -0.4 is 0 Å². The molecule has 0 saturated heterocycles. The van der Waals surface area contributed by atoms with Crippen molar-refractivity contribution in [1.29, 1.82) is 0 Å². The first-order valence-corrected chi connectivity index (χ1v) is 6.31. The first-order chi connectivity index (χ1) is 7.41. The number of hydrogen-bond acceptors (Lipinski definition) is 2. The number of aliphatic carboxylic acids is 1. The Morgan fingerprint density at radius 1 is 1.44 bits per heavy atom. The Kier molecular flexibility index (Phi) is 4.68. The Morgan fingerprint density at radius 2 is 2.06 bits per heavy atom. The third-order valence-electron chi connectivity index (χ3n) is 2.04. The quantitative estimate of drug-likeness (QED) is 0.671. The van der Waals surface area contributed by atoms with Crippen LogP contribution in [-0.4, -0.2) is 21.7 Å². The highest BCUT2D eigenvalue weighted by molar-refractivity contribution is 9.10. The number of Topliss-reactive ketones (excluding diaryl/α,β-unsaturated/α-hetero) is 1. The Hall–Kier alpha value is -0.680. The van der Waals surface area contributed by atoms with Crippen LogP contribution in [0.1, 0.15) is 22.8 Å². The van der Waals surface area contributed by atoms with E-state index in [0.29, 0.717) is 11.1 Å². The zero-order valence-electron chi connectivity index (χ0n) is 8.54. The van der Waals surface area contributed by atoms with Gasteiger partial charge in [0.05, 0.1) is 11.2 Å². The number of halogens is 2. The number of carbonyl (C=O) groups excluding carboxylic acids is 1. The van der Waals surface area contributed by atoms with E-state index in [0.717, 1.165) is 4.47 Å². The molecule has 0 bridgehead atoms. The molecule has 1 aromatic rings. The second-order valence-corrected chi connectivity index (χ2v) is 5.64. The SMILES string of the molecule is CC(Br)C(=O)c1cc(Br)ccc1CC(=O)O. The van der Waals surface area contributed by atoms with E-state index in [9.17, 15) is 9.59 Å². The van der Waals surface area contributed by atoms with Crippen LogP contribution in [-0.2, 0) is 11.2 Å². The largest absolute Gasteiger partial charge is 0.481 e. The third kappa shape index (κ3) is 3.42. The van der Waals surface area contributed by atoms with E-state index in [-0.39, 0.29) is 17.0 Å². The molecule has 0 amide bonds. The molecule has 0 fully saturated rings. The maximum Gasteiger partial charge on any atom is 0.307 e. The van der Waals surface area contributed by atoms with E-state index in [1.54, 1.807) is 25.1 Å². The normalized spacial score (nSPS) is 12.2. The summed E-state index contributed by atoms with van der Waals surface area (Å²) in [4.78, 5) is 22.2. The molecule has 5 heteroatoms. The average molecular weight is 350 g/mol. The molecule has 0 saturated carbocycles. The lowest BCUT2D eigenvalue weighted by Crippen LogP contribution is -2.14. The second kappa shape index (κ2) is 5.59. The van der Waals surface area contributed by atoms with Crippen molar-refractivity contribution in [3.63, 3.8) is 0 Å². The van der Waals surface area contributed by atoms with Gasteiger partial charge >= 0.3 is 5.97 Å². The Labute approximate surface area is 110 Å². The van der Waals surface area contributed by atoms with Crippen LogP contribution >= 0.6 is 31.9 Å². The van der Waals surface area contributed by atoms with Crippen molar-refractivity contribution in [3.05, 3.63) is 33.8 Å². The summed E-state index contributed by atoms with van der Waals surface area (Å²) in [5.74, 6) is -1.06. The average Bonchev–Trinajstić information content (AvgIpc) is 2.18. The monoisotopic (exact) mass is 348 g/mol. The van der Waals surface area contributed by atoms with Crippen molar-refractivity contribution < 1.29 is 14.7 Å². The Bertz CT molecular complexity index is 427. The number of carboxylic acid groups (broad SMARTS) is 1. The molecule has 1 unspecified atom stereocenters. The van der Waals surface area contributed by atoms with Crippen molar-refractivity contribution in [2.45, 2.75) is 18.2 Å². The summed E-state index contributed by atoms with van der Waals surface area (Å²) >= 11 is 6.45. The smallest absolute Gasteiger partial charge is 0.307 e. The number of carbonyl (C=O) groups is 2. The number of hydrogen-bond donors (Lipinski definition) is 1. The van der Waals surface area contributed by atoms with Crippen LogP contribution in [0.3, 0.4) is 0 Å². The maximum absolute atomic E-state index is 11.8. The van der Waals surface area contributed by atoms with E-state index in [2.05, 4.69) is 31.9 Å². The molecule has 0 aliphatic carbocycles. The number of alkyl halides is 1. The van der Waals surface area contributed by atoms with Gasteiger partial charge in [0.15, 0.2) is 5.78 Å². The molecule has 1 atom stereocenters. The topological polar surface area (TPSA) is 54.4 Å². The summed E-state index contributed by atoms with van der Waals surface area (Å²) in [6, 6.07) is 5.03. The maximum atomic E-state index is 11.8. The number of ketones is 1. The van der Waals surface area contributed by atoms with Crippen molar-refractivity contribution in [1.82, 2.24) is 0 Å². The lowest BCUT2D eigenvalue weighted by atomic mass is 10.00. The van der Waals surface area contributed by atoms with Crippen LogP contribution in [0.15, 0.2) is 22.7 Å². The molecule has 0 radical (unpaired) electrons. The predicted octanol–water partition coefficient (Wildman–Crippen LogP) is 3.04. The van der Waals surface area contributed by atoms with Crippen molar-refractivity contribution in [2.75, 3.05) is 0 Å². The van der Waals surface area contributed by atoms with E-state index < -0.39 is 5.97 Å². The summed E-state index contributed by atoms with van der Waals surface area (Å²) in [5.41, 5.74) is 0.980. The lowest BCUT2D eigenvalue weighted by Gasteiger charge is -2.09. The zero-order valence-corrected chi connectivity index (χ0v) is 11.7. The molecular weight excluding hydrogens is 340 g/mol. The van der Waals surface area contributed by atoms with Gasteiger partial charge in [-0.15, -0.1) is 0 Å². The van der Waals surface area contributed by atoms with E-state index in [1.807, 2.05) is 0 Å². The fourth-order valence-electron chi connectivity index (χ4n) is 1.31. The first-order valence-electron chi connectivity index (χ1n) is 4.60. The van der Waals surface area contributed by atoms with Gasteiger partial charge in [0.25, 0.3) is 0 Å². The summed E-state index contributed by atoms with van der Waals surface area (Å²) in [6.45, 7) is 1.72. The number of benzene rings is 1. The summed E-state index contributed by atoms with van der Waals surface area (Å²) < 4.78 is 0.762. The van der Waals surface area contributed by atoms with Crippen LogP contribution in [0.25, 0.3) is 0 Å². The second-order valence-electron chi connectivity index (χ2n) is 3.35. The van der Waals surface area contributed by atoms with Gasteiger partial charge in [-0.2, -0.15) is 0 Å². The molecule has 0 aliphatic heterocycles. The van der Waals surface area contributed by atoms with Crippen molar-refractivity contribution >= 4 is 43.6 Å². The minimum Gasteiger partial charge on any atom is -0.481 e. The predicted molar refractivity (Wildman–Crippen MR) is 68.2 cm³/mol. The van der Waals surface area contributed by atoms with Gasteiger partial charge in [-0.25, -0.2) is 0 Å². The van der Waals surface area contributed by atoms with Gasteiger partial charge in [0.1, 0.15) is 0 Å². The molecule has 86 valence electrons. The number of carboxylic acids is 1. The van der Waals surface area contributed by atoms with E-state index in [1.165, 1.54) is 0 Å². The van der Waals surface area contributed by atoms with Gasteiger partial charge in [0.2, 0.25) is 0 Å². The lowest BCUT2D eigenvalue weighted by molar-refractivity contribution is -0.136. The van der Waals surface area contributed by atoms with Crippen molar-refractivity contribution in [3.8, 4) is 0 Å². The minimum atomic E-state index is -0.946. The summed E-state index contributed by atoms with van der Waals surface area (Å²) in [6.07, 6.45) is -0.145. The van der Waals surface area contributed by atoms with Crippen LogP contribution in [0.5, 0.6) is 0 Å². The van der Waals surface area contributed by atoms with Gasteiger partial charge in [-0.3, -0.25) is 9.59 Å². The standard InChI is InChI=1S/C11H10Br2O3/c1-6(12)11(16)9-5-8(13)3-2-7(9)4-10(14)15/h2-3,5-6H,4H2,1H3,(H,14,15). The Balaban J connectivity index is 3.17. The molecular formula is C11H10Br2O3. The zero-order chi connectivity index (χ0) is 12.3. The van der Waals surface area contributed by atoms with Gasteiger partial charge in [0, 0.05) is 10.0 Å². The molecule has 0 aromatic heterocycles. The molecule has 0 spiro atoms. The highest BCUT2D eigenvalue weighted by atomic mass is 79.9. The first kappa shape index (κ1) is 13.4. The Morgan fingerprint density at radius 3 is 2.56 bits per heavy atom. The molecule has 1 N–H and O–H groups in total. The minimum absolute atomic E-state index is 0.113. The van der Waals surface area contributed by atoms with Gasteiger partial charge in [-0.05, 0) is 24.6 Å². The fraction of sp³-hybridized carbons (Fsp3) is 0.273. The highest BCUT2D eigenvalue weighted by Gasteiger charge is 2.17. The van der Waals surface area contributed by atoms with E-state index >= 15 is 0 Å². The highest BCUT2D eigenvalue weighted by Crippen LogP contribution is 2.20. The molecule has 3 nitrogen and oxygen atoms in total. The third-order valence-corrected chi connectivity index (χ3v) is 2.95. The van der Waals surface area contributed by atoms with Crippen LogP contribution in [0.2, 0.25) is 0 Å². The fourth-order valence-corrected chi connectivity index (χ4v) is 1.92. The molecule has 1 rings (SSSR count). The van der Waals surface area contributed by atoms with E-state index in [4.69, 9.17) is 5.11 Å². The van der Waals surface area contributed by atoms with Crippen LogP contribution in [0, 0.1) is 0 Å². The molecule has 1 aromatic carbocycles. The molecule has 0 heterocycles. The van der Waals surface area contributed by atoms with Gasteiger partial charge < -0.3 is 5.11 Å². The molecule has 16 heavy (non-hydrogen) atoms.